The van der Waals surface area contributed by atoms with Gasteiger partial charge in [0.25, 0.3) is 11.9 Å². The van der Waals surface area contributed by atoms with Crippen LogP contribution >= 0.6 is 0 Å². The summed E-state index contributed by atoms with van der Waals surface area (Å²) in [4.78, 5) is 12.7. The number of carbonyl (C=O) groups is 1. The fraction of sp³-hybridized carbons (Fsp3) is 0.455. The van der Waals surface area contributed by atoms with Gasteiger partial charge in [-0.25, -0.2) is 5.43 Å². The molecule has 2 aromatic heterocycles. The van der Waals surface area contributed by atoms with Crippen molar-refractivity contribution in [1.82, 2.24) is 35.4 Å². The van der Waals surface area contributed by atoms with Crippen LogP contribution in [-0.4, -0.2) is 42.1 Å². The van der Waals surface area contributed by atoms with Crippen LogP contribution in [0.3, 0.4) is 0 Å². The molecule has 0 saturated heterocycles. The van der Waals surface area contributed by atoms with Gasteiger partial charge in [-0.05, 0) is 26.0 Å². The highest BCUT2D eigenvalue weighted by atomic mass is 16.2. The first kappa shape index (κ1) is 14.6. The first-order valence-electron chi connectivity index (χ1n) is 6.40. The Morgan fingerprint density at radius 1 is 1.43 bits per heavy atom. The van der Waals surface area contributed by atoms with Crippen LogP contribution in [-0.2, 0) is 17.9 Å². The number of aryl methyl sites for hydroxylation is 2. The van der Waals surface area contributed by atoms with Crippen molar-refractivity contribution < 1.29 is 4.79 Å². The van der Waals surface area contributed by atoms with Crippen LogP contribution in [0.5, 0.6) is 0 Å². The Morgan fingerprint density at radius 3 is 2.76 bits per heavy atom. The Kier molecular flexibility index (Phi) is 4.26. The number of carbonyl (C=O) groups excluding carboxylic acids is 1. The molecule has 2 aromatic rings. The Bertz CT molecular complexity index is 669. The van der Waals surface area contributed by atoms with Crippen molar-refractivity contribution in [1.29, 1.82) is 0 Å². The van der Waals surface area contributed by atoms with Crippen LogP contribution in [0, 0.1) is 13.8 Å². The number of amides is 1. The zero-order valence-corrected chi connectivity index (χ0v) is 12.1. The minimum atomic E-state index is -0.373. The maximum absolute atomic E-state index is 11.6. The fourth-order valence-electron chi connectivity index (χ4n) is 1.86. The number of nitrogens with two attached hydrogens (primary N) is 1. The topological polar surface area (TPSA) is 129 Å². The maximum Gasteiger partial charge on any atom is 0.263 e. The van der Waals surface area contributed by atoms with Crippen LogP contribution in [0.2, 0.25) is 0 Å². The molecule has 10 nitrogen and oxygen atoms in total. The van der Waals surface area contributed by atoms with Crippen molar-refractivity contribution in [3.8, 4) is 0 Å². The number of rotatable bonds is 5. The third-order valence-electron chi connectivity index (χ3n) is 2.87. The van der Waals surface area contributed by atoms with Gasteiger partial charge in [0.15, 0.2) is 0 Å². The summed E-state index contributed by atoms with van der Waals surface area (Å²) in [7, 11) is 0. The van der Waals surface area contributed by atoms with Crippen LogP contribution in [0.4, 0.5) is 5.95 Å². The summed E-state index contributed by atoms with van der Waals surface area (Å²) in [6, 6.07) is 0. The number of hydrazone groups is 1. The van der Waals surface area contributed by atoms with E-state index in [1.807, 2.05) is 25.5 Å². The molecular formula is C11H17N9O. The molecule has 0 aliphatic carbocycles. The predicted octanol–water partition coefficient (Wildman–Crippen LogP) is -0.761. The zero-order valence-electron chi connectivity index (χ0n) is 12.1. The average Bonchev–Trinajstić information content (AvgIpc) is 2.95. The largest absolute Gasteiger partial charge is 0.365 e. The summed E-state index contributed by atoms with van der Waals surface area (Å²) in [5, 5.41) is 19.0. The van der Waals surface area contributed by atoms with Gasteiger partial charge in [-0.15, -0.1) is 5.10 Å². The number of hydrogen-bond donors (Lipinski definition) is 2. The Balaban J connectivity index is 1.96. The lowest BCUT2D eigenvalue weighted by Crippen LogP contribution is -2.24. The molecule has 1 amide bonds. The third kappa shape index (κ3) is 3.41. The summed E-state index contributed by atoms with van der Waals surface area (Å²) in [5.74, 6) is -0.355. The molecule has 0 fully saturated rings. The molecule has 0 aromatic carbocycles. The fourth-order valence-corrected chi connectivity index (χ4v) is 1.86. The first-order chi connectivity index (χ1) is 10.0. The van der Waals surface area contributed by atoms with E-state index >= 15 is 0 Å². The van der Waals surface area contributed by atoms with Crippen LogP contribution < -0.4 is 11.2 Å². The average molecular weight is 291 g/mol. The molecule has 0 bridgehead atoms. The molecule has 10 heteroatoms. The van der Waals surface area contributed by atoms with Gasteiger partial charge in [0.05, 0.1) is 11.9 Å². The van der Waals surface area contributed by atoms with Crippen LogP contribution in [0.15, 0.2) is 5.10 Å². The molecule has 0 saturated carbocycles. The SMILES string of the molecule is CCn1nc(C)c(/C=N\NC(=O)Cn2nnc(N)n2)c1C. The van der Waals surface area contributed by atoms with E-state index in [-0.39, 0.29) is 18.4 Å². The normalized spacial score (nSPS) is 11.2. The summed E-state index contributed by atoms with van der Waals surface area (Å²) >= 11 is 0. The Labute approximate surface area is 121 Å². The Hall–Kier alpha value is -2.78. The number of tetrazole rings is 1. The van der Waals surface area contributed by atoms with Crippen LogP contribution in [0.1, 0.15) is 23.9 Å². The molecule has 0 unspecified atom stereocenters. The van der Waals surface area contributed by atoms with E-state index in [1.165, 1.54) is 0 Å². The molecule has 0 atom stereocenters. The number of hydrogen-bond acceptors (Lipinski definition) is 7. The number of anilines is 1. The molecular weight excluding hydrogens is 274 g/mol. The minimum Gasteiger partial charge on any atom is -0.365 e. The first-order valence-corrected chi connectivity index (χ1v) is 6.40. The quantitative estimate of drug-likeness (QED) is 0.550. The second-order valence-corrected chi connectivity index (χ2v) is 4.37. The van der Waals surface area contributed by atoms with Gasteiger partial charge in [-0.3, -0.25) is 9.48 Å². The van der Waals surface area contributed by atoms with Gasteiger partial charge in [0, 0.05) is 17.8 Å². The minimum absolute atomic E-state index is 0.0181. The summed E-state index contributed by atoms with van der Waals surface area (Å²) < 4.78 is 1.88. The van der Waals surface area contributed by atoms with E-state index in [1.54, 1.807) is 6.21 Å². The smallest absolute Gasteiger partial charge is 0.263 e. The van der Waals surface area contributed by atoms with Crippen molar-refractivity contribution in [2.75, 3.05) is 5.73 Å². The lowest BCUT2D eigenvalue weighted by Gasteiger charge is -1.99. The molecule has 3 N–H and O–H groups in total. The van der Waals surface area contributed by atoms with Crippen molar-refractivity contribution in [3.05, 3.63) is 17.0 Å². The van der Waals surface area contributed by atoms with Gasteiger partial charge in [0.1, 0.15) is 6.54 Å². The van der Waals surface area contributed by atoms with E-state index in [2.05, 4.69) is 31.0 Å². The third-order valence-corrected chi connectivity index (χ3v) is 2.87. The maximum atomic E-state index is 11.6. The highest BCUT2D eigenvalue weighted by Gasteiger charge is 2.09. The zero-order chi connectivity index (χ0) is 15.4. The molecule has 2 rings (SSSR count). The molecule has 0 aliphatic heterocycles. The van der Waals surface area contributed by atoms with Crippen molar-refractivity contribution >= 4 is 18.1 Å². The number of nitrogen functional groups attached to an aromatic ring is 1. The molecule has 2 heterocycles. The van der Waals surface area contributed by atoms with Gasteiger partial charge >= 0.3 is 0 Å². The van der Waals surface area contributed by atoms with Crippen LogP contribution in [0.25, 0.3) is 0 Å². The van der Waals surface area contributed by atoms with Crippen molar-refractivity contribution in [2.45, 2.75) is 33.9 Å². The lowest BCUT2D eigenvalue weighted by molar-refractivity contribution is -0.122. The summed E-state index contributed by atoms with van der Waals surface area (Å²) in [6.07, 6.45) is 1.57. The lowest BCUT2D eigenvalue weighted by atomic mass is 10.2. The van der Waals surface area contributed by atoms with Gasteiger partial charge < -0.3 is 5.73 Å². The predicted molar refractivity (Wildman–Crippen MR) is 75.3 cm³/mol. The van der Waals surface area contributed by atoms with Gasteiger partial charge in [-0.1, -0.05) is 5.10 Å². The van der Waals surface area contributed by atoms with E-state index in [4.69, 9.17) is 5.73 Å². The summed E-state index contributed by atoms with van der Waals surface area (Å²) in [5.41, 5.74) is 10.4. The molecule has 0 aliphatic rings. The summed E-state index contributed by atoms with van der Waals surface area (Å²) in [6.45, 7) is 6.54. The molecule has 112 valence electrons. The van der Waals surface area contributed by atoms with E-state index in [9.17, 15) is 4.79 Å². The second kappa shape index (κ2) is 6.11. The standard InChI is InChI=1S/C11H17N9O/c1-4-19-8(3)9(7(2)16-19)5-13-14-10(21)6-20-17-11(12)15-18-20/h5H,4,6H2,1-3H3,(H2,12,17)(H,14,21)/b13-5-. The monoisotopic (exact) mass is 291 g/mol. The van der Waals surface area contributed by atoms with Gasteiger partial charge in [0.2, 0.25) is 0 Å². The molecule has 21 heavy (non-hydrogen) atoms. The second-order valence-electron chi connectivity index (χ2n) is 4.37. The molecule has 0 radical (unpaired) electrons. The molecule has 0 spiro atoms. The van der Waals surface area contributed by atoms with Crippen molar-refractivity contribution in [3.63, 3.8) is 0 Å². The number of nitrogens with one attached hydrogen (secondary N) is 1. The highest BCUT2D eigenvalue weighted by molar-refractivity contribution is 5.84. The number of nitrogens with zero attached hydrogens (tertiary/aromatic N) is 7. The number of aromatic nitrogens is 6. The van der Waals surface area contributed by atoms with E-state index in [0.29, 0.717) is 0 Å². The van der Waals surface area contributed by atoms with Gasteiger partial charge in [-0.2, -0.15) is 15.0 Å². The highest BCUT2D eigenvalue weighted by Crippen LogP contribution is 2.09. The Morgan fingerprint density at radius 2 is 2.19 bits per heavy atom. The van der Waals surface area contributed by atoms with E-state index < -0.39 is 0 Å². The van der Waals surface area contributed by atoms with E-state index in [0.717, 1.165) is 28.3 Å². The van der Waals surface area contributed by atoms with Crippen molar-refractivity contribution in [2.24, 2.45) is 5.10 Å².